The smallest absolute Gasteiger partial charge is 0.335 e. The van der Waals surface area contributed by atoms with E-state index in [2.05, 4.69) is 13.8 Å². The minimum absolute atomic E-state index is 0.356. The van der Waals surface area contributed by atoms with Gasteiger partial charge in [0.25, 0.3) is 0 Å². The summed E-state index contributed by atoms with van der Waals surface area (Å²) in [6.07, 6.45) is 6.43. The largest absolute Gasteiger partial charge is 0.478 e. The van der Waals surface area contributed by atoms with Gasteiger partial charge in [-0.05, 0) is 30.7 Å². The Balaban J connectivity index is 2.35. The Morgan fingerprint density at radius 1 is 1.22 bits per heavy atom. The highest BCUT2D eigenvalue weighted by molar-refractivity contribution is 7.99. The van der Waals surface area contributed by atoms with Crippen LogP contribution < -0.4 is 0 Å². The van der Waals surface area contributed by atoms with Crippen molar-refractivity contribution in [2.45, 2.75) is 56.1 Å². The molecule has 100 valence electrons. The average molecular weight is 266 g/mol. The summed E-state index contributed by atoms with van der Waals surface area (Å²) in [6.45, 7) is 4.46. The van der Waals surface area contributed by atoms with E-state index in [4.69, 9.17) is 5.11 Å². The van der Waals surface area contributed by atoms with Gasteiger partial charge in [0.15, 0.2) is 0 Å². The van der Waals surface area contributed by atoms with Crippen LogP contribution in [0, 0.1) is 0 Å². The maximum Gasteiger partial charge on any atom is 0.335 e. The fraction of sp³-hybridized carbons (Fsp3) is 0.533. The molecule has 0 saturated carbocycles. The van der Waals surface area contributed by atoms with Crippen molar-refractivity contribution in [3.63, 3.8) is 0 Å². The minimum atomic E-state index is -0.862. The molecule has 2 nitrogen and oxygen atoms in total. The first-order valence-corrected chi connectivity index (χ1v) is 7.51. The molecular formula is C15H22O2S. The van der Waals surface area contributed by atoms with Crippen molar-refractivity contribution in [3.8, 4) is 0 Å². The summed E-state index contributed by atoms with van der Waals surface area (Å²) in [7, 11) is 0. The van der Waals surface area contributed by atoms with Gasteiger partial charge >= 0.3 is 5.97 Å². The quantitative estimate of drug-likeness (QED) is 0.540. The fourth-order valence-electron chi connectivity index (χ4n) is 1.83. The number of thioether (sulfide) groups is 1. The summed E-state index contributed by atoms with van der Waals surface area (Å²) < 4.78 is 0. The molecule has 0 aliphatic heterocycles. The third kappa shape index (κ3) is 5.58. The lowest BCUT2D eigenvalue weighted by molar-refractivity contribution is 0.0697. The Bertz CT molecular complexity index is 359. The fourth-order valence-corrected chi connectivity index (χ4v) is 2.87. The topological polar surface area (TPSA) is 37.3 Å². The Kier molecular flexibility index (Phi) is 6.88. The standard InChI is InChI=1S/C15H22O2S/c1-3-4-5-6-7-12(2)18-14-10-8-13(9-11-14)15(16)17/h8-12H,3-7H2,1-2H3,(H,16,17). The van der Waals surface area contributed by atoms with E-state index in [-0.39, 0.29) is 0 Å². The van der Waals surface area contributed by atoms with E-state index in [0.29, 0.717) is 10.8 Å². The predicted octanol–water partition coefficient (Wildman–Crippen LogP) is 4.84. The summed E-state index contributed by atoms with van der Waals surface area (Å²) in [5.41, 5.74) is 0.356. The second kappa shape index (κ2) is 8.20. The van der Waals surface area contributed by atoms with Gasteiger partial charge in [-0.2, -0.15) is 0 Å². The van der Waals surface area contributed by atoms with Crippen LogP contribution in [0.25, 0.3) is 0 Å². The van der Waals surface area contributed by atoms with Gasteiger partial charge < -0.3 is 5.11 Å². The normalized spacial score (nSPS) is 12.3. The Morgan fingerprint density at radius 2 is 1.89 bits per heavy atom. The van der Waals surface area contributed by atoms with Gasteiger partial charge in [0, 0.05) is 10.1 Å². The summed E-state index contributed by atoms with van der Waals surface area (Å²) in [5.74, 6) is -0.862. The van der Waals surface area contributed by atoms with E-state index in [1.165, 1.54) is 32.1 Å². The molecule has 0 heterocycles. The summed E-state index contributed by atoms with van der Waals surface area (Å²) in [6, 6.07) is 7.15. The number of benzene rings is 1. The summed E-state index contributed by atoms with van der Waals surface area (Å²) in [5, 5.41) is 9.41. The van der Waals surface area contributed by atoms with Gasteiger partial charge in [0.05, 0.1) is 5.56 Å². The molecule has 1 atom stereocenters. The van der Waals surface area contributed by atoms with Gasteiger partial charge in [-0.25, -0.2) is 4.79 Å². The van der Waals surface area contributed by atoms with E-state index in [9.17, 15) is 4.79 Å². The van der Waals surface area contributed by atoms with Gasteiger partial charge in [0.1, 0.15) is 0 Å². The first-order valence-electron chi connectivity index (χ1n) is 6.63. The van der Waals surface area contributed by atoms with E-state index in [0.717, 1.165) is 4.90 Å². The molecule has 1 rings (SSSR count). The average Bonchev–Trinajstić information content (AvgIpc) is 2.35. The molecule has 1 aromatic rings. The van der Waals surface area contributed by atoms with Gasteiger partial charge in [-0.3, -0.25) is 0 Å². The second-order valence-corrected chi connectivity index (χ2v) is 6.12. The Morgan fingerprint density at radius 3 is 2.44 bits per heavy atom. The number of hydrogen-bond donors (Lipinski definition) is 1. The molecule has 3 heteroatoms. The molecule has 0 spiro atoms. The van der Waals surface area contributed by atoms with Crippen LogP contribution in [-0.4, -0.2) is 16.3 Å². The first-order chi connectivity index (χ1) is 8.63. The molecule has 18 heavy (non-hydrogen) atoms. The summed E-state index contributed by atoms with van der Waals surface area (Å²) >= 11 is 1.83. The van der Waals surface area contributed by atoms with Crippen molar-refractivity contribution >= 4 is 17.7 Å². The van der Waals surface area contributed by atoms with Crippen molar-refractivity contribution in [1.82, 2.24) is 0 Å². The SMILES string of the molecule is CCCCCCC(C)Sc1ccc(C(=O)O)cc1. The molecular weight excluding hydrogens is 244 g/mol. The van der Waals surface area contributed by atoms with Crippen LogP contribution in [0.15, 0.2) is 29.2 Å². The minimum Gasteiger partial charge on any atom is -0.478 e. The zero-order valence-corrected chi connectivity index (χ0v) is 12.0. The monoisotopic (exact) mass is 266 g/mol. The highest BCUT2D eigenvalue weighted by Crippen LogP contribution is 2.26. The Labute approximate surface area is 114 Å². The van der Waals surface area contributed by atoms with Crippen LogP contribution in [0.2, 0.25) is 0 Å². The molecule has 0 aliphatic rings. The number of carboxylic acid groups (broad SMARTS) is 1. The van der Waals surface area contributed by atoms with Crippen molar-refractivity contribution in [2.75, 3.05) is 0 Å². The third-order valence-electron chi connectivity index (χ3n) is 2.90. The highest BCUT2D eigenvalue weighted by atomic mass is 32.2. The lowest BCUT2D eigenvalue weighted by Gasteiger charge is -2.11. The number of carboxylic acids is 1. The van der Waals surface area contributed by atoms with Crippen molar-refractivity contribution < 1.29 is 9.90 Å². The van der Waals surface area contributed by atoms with E-state index < -0.39 is 5.97 Å². The number of aromatic carboxylic acids is 1. The van der Waals surface area contributed by atoms with Gasteiger partial charge in [-0.1, -0.05) is 39.5 Å². The van der Waals surface area contributed by atoms with Crippen molar-refractivity contribution in [2.24, 2.45) is 0 Å². The maximum absolute atomic E-state index is 10.7. The molecule has 1 N–H and O–H groups in total. The maximum atomic E-state index is 10.7. The van der Waals surface area contributed by atoms with Gasteiger partial charge in [0.2, 0.25) is 0 Å². The van der Waals surface area contributed by atoms with E-state index in [1.54, 1.807) is 12.1 Å². The van der Waals surface area contributed by atoms with E-state index >= 15 is 0 Å². The molecule has 0 aromatic heterocycles. The van der Waals surface area contributed by atoms with Crippen LogP contribution in [0.4, 0.5) is 0 Å². The zero-order valence-electron chi connectivity index (χ0n) is 11.2. The molecule has 1 unspecified atom stereocenters. The lowest BCUT2D eigenvalue weighted by atomic mass is 10.1. The van der Waals surface area contributed by atoms with Gasteiger partial charge in [-0.15, -0.1) is 11.8 Å². The van der Waals surface area contributed by atoms with Crippen LogP contribution in [-0.2, 0) is 0 Å². The molecule has 0 amide bonds. The predicted molar refractivity (Wildman–Crippen MR) is 77.5 cm³/mol. The Hall–Kier alpha value is -0.960. The second-order valence-electron chi connectivity index (χ2n) is 4.61. The molecule has 0 bridgehead atoms. The van der Waals surface area contributed by atoms with Crippen LogP contribution in [0.3, 0.4) is 0 Å². The first kappa shape index (κ1) is 15.1. The molecule has 0 radical (unpaired) electrons. The molecule has 0 aliphatic carbocycles. The molecule has 1 aromatic carbocycles. The number of rotatable bonds is 8. The van der Waals surface area contributed by atoms with Crippen molar-refractivity contribution in [3.05, 3.63) is 29.8 Å². The number of unbranched alkanes of at least 4 members (excludes halogenated alkanes) is 3. The van der Waals surface area contributed by atoms with Crippen LogP contribution in [0.5, 0.6) is 0 Å². The number of carbonyl (C=O) groups is 1. The zero-order chi connectivity index (χ0) is 13.4. The lowest BCUT2D eigenvalue weighted by Crippen LogP contribution is -1.97. The van der Waals surface area contributed by atoms with Crippen LogP contribution in [0.1, 0.15) is 56.3 Å². The van der Waals surface area contributed by atoms with Crippen molar-refractivity contribution in [1.29, 1.82) is 0 Å². The summed E-state index contributed by atoms with van der Waals surface area (Å²) in [4.78, 5) is 11.9. The van der Waals surface area contributed by atoms with E-state index in [1.807, 2.05) is 23.9 Å². The number of hydrogen-bond acceptors (Lipinski definition) is 2. The molecule has 0 saturated heterocycles. The van der Waals surface area contributed by atoms with Crippen LogP contribution >= 0.6 is 11.8 Å². The highest BCUT2D eigenvalue weighted by Gasteiger charge is 2.06. The molecule has 0 fully saturated rings. The third-order valence-corrected chi connectivity index (χ3v) is 4.09.